The molecule has 1 saturated carbocycles. The quantitative estimate of drug-likeness (QED) is 0.923. The van der Waals surface area contributed by atoms with Crippen LogP contribution in [0.3, 0.4) is 0 Å². The van der Waals surface area contributed by atoms with E-state index in [1.54, 1.807) is 18.3 Å². The Morgan fingerprint density at radius 3 is 2.33 bits per heavy atom. The van der Waals surface area contributed by atoms with Gasteiger partial charge in [0.05, 0.1) is 0 Å². The molecule has 1 heterocycles. The average Bonchev–Trinajstić information content (AvgIpc) is 2.48. The number of rotatable bonds is 4. The van der Waals surface area contributed by atoms with Gasteiger partial charge < -0.3 is 5.32 Å². The van der Waals surface area contributed by atoms with E-state index in [-0.39, 0.29) is 11.9 Å². The Hall–Kier alpha value is -1.45. The summed E-state index contributed by atoms with van der Waals surface area (Å²) in [5.41, 5.74) is 0.829. The van der Waals surface area contributed by atoms with E-state index < -0.39 is 0 Å². The maximum atomic E-state index is 12.1. The van der Waals surface area contributed by atoms with E-state index in [2.05, 4.69) is 43.2 Å². The number of carbonyl (C=O) groups is 1. The largest absolute Gasteiger partial charge is 0.348 e. The molecule has 1 aromatic rings. The van der Waals surface area contributed by atoms with Crippen LogP contribution in [-0.4, -0.2) is 22.1 Å². The monoisotopic (exact) mass is 289 g/mol. The van der Waals surface area contributed by atoms with Gasteiger partial charge in [0.15, 0.2) is 5.69 Å². The van der Waals surface area contributed by atoms with Crippen LogP contribution in [0.15, 0.2) is 18.3 Å². The molecule has 0 unspecified atom stereocenters. The number of nitrogens with one attached hydrogen (secondary N) is 1. The first kappa shape index (κ1) is 15.9. The Morgan fingerprint density at radius 1 is 1.24 bits per heavy atom. The van der Waals surface area contributed by atoms with Crippen molar-refractivity contribution in [2.45, 2.75) is 59.4 Å². The molecule has 0 bridgehead atoms. The second-order valence-electron chi connectivity index (χ2n) is 6.90. The summed E-state index contributed by atoms with van der Waals surface area (Å²) < 4.78 is 0. The van der Waals surface area contributed by atoms with Gasteiger partial charge in [0.25, 0.3) is 5.91 Å². The molecule has 1 aromatic heterocycles. The summed E-state index contributed by atoms with van der Waals surface area (Å²) in [6.45, 7) is 9.33. The molecule has 0 aromatic carbocycles. The van der Waals surface area contributed by atoms with Crippen molar-refractivity contribution < 1.29 is 4.79 Å². The highest BCUT2D eigenvalue weighted by Crippen LogP contribution is 2.48. The van der Waals surface area contributed by atoms with Crippen molar-refractivity contribution in [2.24, 2.45) is 17.3 Å². The summed E-state index contributed by atoms with van der Waals surface area (Å²) in [6, 6.07) is 3.72. The van der Waals surface area contributed by atoms with Gasteiger partial charge in [-0.1, -0.05) is 27.7 Å². The minimum atomic E-state index is -0.102. The summed E-state index contributed by atoms with van der Waals surface area (Å²) in [5, 5.41) is 10.7. The minimum Gasteiger partial charge on any atom is -0.348 e. The topological polar surface area (TPSA) is 54.9 Å². The van der Waals surface area contributed by atoms with Crippen LogP contribution in [0.4, 0.5) is 0 Å². The van der Waals surface area contributed by atoms with Crippen LogP contribution in [0.1, 0.15) is 63.9 Å². The van der Waals surface area contributed by atoms with Crippen LogP contribution in [0.25, 0.3) is 0 Å². The molecular formula is C17H27N3O. The highest BCUT2D eigenvalue weighted by atomic mass is 16.2. The van der Waals surface area contributed by atoms with Gasteiger partial charge in [-0.25, -0.2) is 0 Å². The number of hydrogen-bond donors (Lipinski definition) is 1. The summed E-state index contributed by atoms with van der Waals surface area (Å²) in [7, 11) is 0. The highest BCUT2D eigenvalue weighted by molar-refractivity contribution is 5.92. The maximum Gasteiger partial charge on any atom is 0.272 e. The van der Waals surface area contributed by atoms with E-state index in [0.717, 1.165) is 12.8 Å². The second-order valence-corrected chi connectivity index (χ2v) is 6.90. The number of nitrogens with zero attached hydrogens (tertiary/aromatic N) is 2. The predicted molar refractivity (Wildman–Crippen MR) is 83.9 cm³/mol. The first-order valence-corrected chi connectivity index (χ1v) is 8.04. The SMILES string of the molecule is CC(C)C1(C(C)C)CCC(NC(=O)c2cccnn2)CC1. The van der Waals surface area contributed by atoms with Gasteiger partial charge in [-0.15, -0.1) is 5.10 Å². The lowest BCUT2D eigenvalue weighted by molar-refractivity contribution is 0.0452. The predicted octanol–water partition coefficient (Wildman–Crippen LogP) is 3.45. The summed E-state index contributed by atoms with van der Waals surface area (Å²) >= 11 is 0. The third-order valence-corrected chi connectivity index (χ3v) is 5.36. The molecule has 1 amide bonds. The van der Waals surface area contributed by atoms with Gasteiger partial charge >= 0.3 is 0 Å². The first-order chi connectivity index (χ1) is 9.95. The Kier molecular flexibility index (Phi) is 4.96. The Balaban J connectivity index is 1.94. The minimum absolute atomic E-state index is 0.102. The Morgan fingerprint density at radius 2 is 1.86 bits per heavy atom. The first-order valence-electron chi connectivity index (χ1n) is 8.04. The van der Waals surface area contributed by atoms with Gasteiger partial charge in [0.1, 0.15) is 0 Å². The van der Waals surface area contributed by atoms with Crippen LogP contribution in [0, 0.1) is 17.3 Å². The van der Waals surface area contributed by atoms with Crippen molar-refractivity contribution in [3.63, 3.8) is 0 Å². The highest BCUT2D eigenvalue weighted by Gasteiger charge is 2.40. The molecule has 1 aliphatic rings. The summed E-state index contributed by atoms with van der Waals surface area (Å²) in [4.78, 5) is 12.1. The van der Waals surface area contributed by atoms with Gasteiger partial charge in [-0.3, -0.25) is 4.79 Å². The van der Waals surface area contributed by atoms with Gasteiger partial charge in [-0.05, 0) is 55.1 Å². The number of aromatic nitrogens is 2. The molecule has 2 rings (SSSR count). The Bertz CT molecular complexity index is 452. The molecule has 0 spiro atoms. The maximum absolute atomic E-state index is 12.1. The molecule has 1 fully saturated rings. The van der Waals surface area contributed by atoms with Crippen LogP contribution < -0.4 is 5.32 Å². The molecule has 116 valence electrons. The lowest BCUT2D eigenvalue weighted by atomic mass is 9.60. The van der Waals surface area contributed by atoms with Crippen LogP contribution in [0.2, 0.25) is 0 Å². The van der Waals surface area contributed by atoms with E-state index in [0.29, 0.717) is 22.9 Å². The molecule has 4 heteroatoms. The van der Waals surface area contributed by atoms with Crippen molar-refractivity contribution >= 4 is 5.91 Å². The number of carbonyl (C=O) groups excluding carboxylic acids is 1. The van der Waals surface area contributed by atoms with Crippen molar-refractivity contribution in [1.29, 1.82) is 0 Å². The van der Waals surface area contributed by atoms with E-state index in [4.69, 9.17) is 0 Å². The van der Waals surface area contributed by atoms with Gasteiger partial charge in [0, 0.05) is 12.2 Å². The lowest BCUT2D eigenvalue weighted by Gasteiger charge is -2.46. The standard InChI is InChI=1S/C17H27N3O/c1-12(2)17(13(3)4)9-7-14(8-10-17)19-16(21)15-6-5-11-18-20-15/h5-6,11-14H,7-10H2,1-4H3,(H,19,21). The fourth-order valence-electron chi connectivity index (χ4n) is 3.80. The van der Waals surface area contributed by atoms with Crippen LogP contribution in [0.5, 0.6) is 0 Å². The zero-order valence-corrected chi connectivity index (χ0v) is 13.6. The van der Waals surface area contributed by atoms with Crippen molar-refractivity contribution in [3.05, 3.63) is 24.0 Å². The normalized spacial score (nSPS) is 19.0. The van der Waals surface area contributed by atoms with E-state index >= 15 is 0 Å². The van der Waals surface area contributed by atoms with Crippen molar-refractivity contribution in [2.75, 3.05) is 0 Å². The van der Waals surface area contributed by atoms with E-state index in [9.17, 15) is 4.79 Å². The average molecular weight is 289 g/mol. The fourth-order valence-corrected chi connectivity index (χ4v) is 3.80. The van der Waals surface area contributed by atoms with E-state index in [1.165, 1.54) is 12.8 Å². The third kappa shape index (κ3) is 3.42. The fraction of sp³-hybridized carbons (Fsp3) is 0.706. The third-order valence-electron chi connectivity index (χ3n) is 5.36. The second kappa shape index (κ2) is 6.54. The molecule has 0 saturated heterocycles. The molecule has 1 N–H and O–H groups in total. The zero-order valence-electron chi connectivity index (χ0n) is 13.6. The molecule has 0 radical (unpaired) electrons. The number of amides is 1. The molecule has 0 aliphatic heterocycles. The number of hydrogen-bond acceptors (Lipinski definition) is 3. The van der Waals surface area contributed by atoms with Crippen molar-refractivity contribution in [3.8, 4) is 0 Å². The molecule has 21 heavy (non-hydrogen) atoms. The Labute approximate surface area is 127 Å². The van der Waals surface area contributed by atoms with E-state index in [1.807, 2.05) is 0 Å². The molecule has 4 nitrogen and oxygen atoms in total. The van der Waals surface area contributed by atoms with Crippen LogP contribution in [-0.2, 0) is 0 Å². The molecule has 1 aliphatic carbocycles. The summed E-state index contributed by atoms with van der Waals surface area (Å²) in [6.07, 6.45) is 6.07. The summed E-state index contributed by atoms with van der Waals surface area (Å²) in [5.74, 6) is 1.28. The van der Waals surface area contributed by atoms with Gasteiger partial charge in [0.2, 0.25) is 0 Å². The zero-order chi connectivity index (χ0) is 15.5. The van der Waals surface area contributed by atoms with Gasteiger partial charge in [-0.2, -0.15) is 5.10 Å². The van der Waals surface area contributed by atoms with Crippen molar-refractivity contribution in [1.82, 2.24) is 15.5 Å². The molecule has 0 atom stereocenters. The molecular weight excluding hydrogens is 262 g/mol. The smallest absolute Gasteiger partial charge is 0.272 e. The van der Waals surface area contributed by atoms with Crippen LogP contribution >= 0.6 is 0 Å². The lowest BCUT2D eigenvalue weighted by Crippen LogP contribution is -2.44.